The molecule has 1 atom stereocenters. The quantitative estimate of drug-likeness (QED) is 0.585. The molecule has 0 spiro atoms. The van der Waals surface area contributed by atoms with Crippen LogP contribution in [0.3, 0.4) is 0 Å². The van der Waals surface area contributed by atoms with Crippen LogP contribution in [0.25, 0.3) is 11.0 Å². The first-order chi connectivity index (χ1) is 9.19. The number of hydrogen-bond donors (Lipinski definition) is 0. The van der Waals surface area contributed by atoms with Gasteiger partial charge >= 0.3 is 0 Å². The van der Waals surface area contributed by atoms with E-state index in [1.54, 1.807) is 20.8 Å². The lowest BCUT2D eigenvalue weighted by Gasteiger charge is -2.22. The minimum absolute atomic E-state index is 0.0994. The van der Waals surface area contributed by atoms with E-state index in [1.165, 1.54) is 12.3 Å². The summed E-state index contributed by atoms with van der Waals surface area (Å²) in [6, 6.07) is 1.51. The standard InChI is InChI=1S/C11H12BrN3O4S/c1-11(2,3)19-15-8-6(4-7(12)9(15)16)5-13-10(14-8)20(17)18/h4-5H,1-3H3,(H,17,18)/p-1. The second-order valence-electron chi connectivity index (χ2n) is 4.96. The normalized spacial score (nSPS) is 13.4. The van der Waals surface area contributed by atoms with Crippen LogP contribution >= 0.6 is 15.9 Å². The average molecular weight is 361 g/mol. The Balaban J connectivity index is 2.79. The van der Waals surface area contributed by atoms with Crippen molar-refractivity contribution < 1.29 is 13.6 Å². The van der Waals surface area contributed by atoms with E-state index in [1.807, 2.05) is 0 Å². The Morgan fingerprint density at radius 1 is 1.45 bits per heavy atom. The third-order valence-electron chi connectivity index (χ3n) is 2.15. The smallest absolute Gasteiger partial charge is 0.299 e. The third kappa shape index (κ3) is 3.05. The van der Waals surface area contributed by atoms with Gasteiger partial charge in [-0.05, 0) is 42.8 Å². The lowest BCUT2D eigenvalue weighted by Crippen LogP contribution is -2.38. The molecule has 2 aromatic heterocycles. The minimum atomic E-state index is -2.58. The van der Waals surface area contributed by atoms with Gasteiger partial charge in [0.1, 0.15) is 5.60 Å². The van der Waals surface area contributed by atoms with E-state index in [0.717, 1.165) is 4.73 Å². The van der Waals surface area contributed by atoms with Crippen molar-refractivity contribution in [2.45, 2.75) is 31.5 Å². The first kappa shape index (κ1) is 15.1. The zero-order valence-electron chi connectivity index (χ0n) is 10.9. The topological polar surface area (TPSA) is 97.1 Å². The summed E-state index contributed by atoms with van der Waals surface area (Å²) in [6.07, 6.45) is 1.32. The largest absolute Gasteiger partial charge is 0.766 e. The maximum Gasteiger partial charge on any atom is 0.299 e. The van der Waals surface area contributed by atoms with Crippen LogP contribution in [0.4, 0.5) is 0 Å². The Bertz CT molecular complexity index is 754. The summed E-state index contributed by atoms with van der Waals surface area (Å²) in [4.78, 5) is 25.2. The van der Waals surface area contributed by atoms with E-state index >= 15 is 0 Å². The molecule has 0 aromatic carbocycles. The van der Waals surface area contributed by atoms with Crippen molar-refractivity contribution in [1.29, 1.82) is 0 Å². The Labute approximate surface area is 125 Å². The Morgan fingerprint density at radius 3 is 2.65 bits per heavy atom. The first-order valence-corrected chi connectivity index (χ1v) is 7.43. The van der Waals surface area contributed by atoms with Crippen molar-refractivity contribution in [2.75, 3.05) is 0 Å². The van der Waals surface area contributed by atoms with Crippen LogP contribution in [0.15, 0.2) is 26.7 Å². The fourth-order valence-electron chi connectivity index (χ4n) is 1.46. The molecule has 0 aliphatic heterocycles. The van der Waals surface area contributed by atoms with E-state index in [4.69, 9.17) is 4.84 Å². The average Bonchev–Trinajstić information content (AvgIpc) is 2.33. The number of nitrogens with zero attached hydrogens (tertiary/aromatic N) is 3. The highest BCUT2D eigenvalue weighted by Crippen LogP contribution is 2.16. The summed E-state index contributed by atoms with van der Waals surface area (Å²) < 4.78 is 23.1. The third-order valence-corrected chi connectivity index (χ3v) is 3.21. The molecule has 0 N–H and O–H groups in total. The highest BCUT2D eigenvalue weighted by Gasteiger charge is 2.18. The lowest BCUT2D eigenvalue weighted by molar-refractivity contribution is -0.0147. The summed E-state index contributed by atoms with van der Waals surface area (Å²) in [6.45, 7) is 5.29. The molecular weight excluding hydrogens is 350 g/mol. The van der Waals surface area contributed by atoms with Crippen molar-refractivity contribution >= 4 is 38.0 Å². The van der Waals surface area contributed by atoms with Gasteiger partial charge in [0, 0.05) is 22.7 Å². The van der Waals surface area contributed by atoms with Gasteiger partial charge in [-0.3, -0.25) is 9.00 Å². The van der Waals surface area contributed by atoms with Crippen LogP contribution in [0.2, 0.25) is 0 Å². The zero-order valence-corrected chi connectivity index (χ0v) is 13.3. The van der Waals surface area contributed by atoms with Gasteiger partial charge in [-0.15, -0.1) is 4.73 Å². The molecule has 0 bridgehead atoms. The molecule has 20 heavy (non-hydrogen) atoms. The van der Waals surface area contributed by atoms with Gasteiger partial charge in [0.25, 0.3) is 5.56 Å². The molecule has 1 unspecified atom stereocenters. The van der Waals surface area contributed by atoms with E-state index in [2.05, 4.69) is 25.9 Å². The Kier molecular flexibility index (Phi) is 3.94. The van der Waals surface area contributed by atoms with Crippen LogP contribution in [0.1, 0.15) is 20.8 Å². The highest BCUT2D eigenvalue weighted by molar-refractivity contribution is 9.10. The molecule has 0 aliphatic rings. The molecule has 108 valence electrons. The maximum atomic E-state index is 12.1. The lowest BCUT2D eigenvalue weighted by atomic mass is 10.2. The number of halogens is 1. The van der Waals surface area contributed by atoms with Gasteiger partial charge in [0.05, 0.1) is 4.47 Å². The van der Waals surface area contributed by atoms with Crippen molar-refractivity contribution in [3.05, 3.63) is 27.1 Å². The van der Waals surface area contributed by atoms with Gasteiger partial charge in [-0.1, -0.05) is 0 Å². The number of rotatable bonds is 2. The first-order valence-electron chi connectivity index (χ1n) is 5.56. The summed E-state index contributed by atoms with van der Waals surface area (Å²) in [5.41, 5.74) is -1.02. The Hall–Kier alpha value is -1.32. The van der Waals surface area contributed by atoms with E-state index in [0.29, 0.717) is 5.39 Å². The van der Waals surface area contributed by atoms with Gasteiger partial charge in [0.15, 0.2) is 5.65 Å². The van der Waals surface area contributed by atoms with Crippen LogP contribution in [0.5, 0.6) is 0 Å². The molecule has 2 aromatic rings. The molecule has 9 heteroatoms. The molecule has 0 saturated carbocycles. The number of aromatic nitrogens is 3. The molecule has 2 rings (SSSR count). The maximum absolute atomic E-state index is 12.1. The van der Waals surface area contributed by atoms with Gasteiger partial charge < -0.3 is 9.39 Å². The summed E-state index contributed by atoms with van der Waals surface area (Å²) in [7, 11) is 0. The number of pyridine rings is 1. The highest BCUT2D eigenvalue weighted by atomic mass is 79.9. The van der Waals surface area contributed by atoms with Crippen molar-refractivity contribution in [3.63, 3.8) is 0 Å². The second-order valence-corrected chi connectivity index (χ2v) is 6.65. The molecule has 2 heterocycles. The molecule has 0 fully saturated rings. The fourth-order valence-corrected chi connectivity index (χ4v) is 2.17. The summed E-state index contributed by atoms with van der Waals surface area (Å²) in [5, 5.41) is 0.0837. The monoisotopic (exact) mass is 360 g/mol. The van der Waals surface area contributed by atoms with Crippen molar-refractivity contribution in [2.24, 2.45) is 0 Å². The number of fused-ring (bicyclic) bond motifs is 1. The SMILES string of the molecule is CC(C)(C)On1c(=O)c(Br)cc2cnc(S(=O)[O-])nc21. The molecule has 0 aliphatic carbocycles. The van der Waals surface area contributed by atoms with Gasteiger partial charge in [0.2, 0.25) is 5.16 Å². The summed E-state index contributed by atoms with van der Waals surface area (Å²) >= 11 is 0.548. The van der Waals surface area contributed by atoms with Crippen molar-refractivity contribution in [3.8, 4) is 0 Å². The second kappa shape index (κ2) is 5.23. The van der Waals surface area contributed by atoms with E-state index in [9.17, 15) is 13.6 Å². The minimum Gasteiger partial charge on any atom is -0.766 e. The van der Waals surface area contributed by atoms with Crippen LogP contribution in [0, 0.1) is 0 Å². The van der Waals surface area contributed by atoms with Crippen LogP contribution in [-0.2, 0) is 11.1 Å². The number of hydrogen-bond acceptors (Lipinski definition) is 6. The van der Waals surface area contributed by atoms with Crippen molar-refractivity contribution in [1.82, 2.24) is 14.7 Å². The zero-order chi connectivity index (χ0) is 15.1. The predicted octanol–water partition coefficient (Wildman–Crippen LogP) is 1.02. The van der Waals surface area contributed by atoms with Gasteiger partial charge in [-0.2, -0.15) is 4.98 Å². The van der Waals surface area contributed by atoms with E-state index < -0.39 is 27.4 Å². The fraction of sp³-hybridized carbons (Fsp3) is 0.364. The molecule has 7 nitrogen and oxygen atoms in total. The van der Waals surface area contributed by atoms with Crippen LogP contribution < -0.4 is 10.4 Å². The summed E-state index contributed by atoms with van der Waals surface area (Å²) in [5.74, 6) is 0. The molecule has 0 amide bonds. The Morgan fingerprint density at radius 2 is 2.10 bits per heavy atom. The predicted molar refractivity (Wildman–Crippen MR) is 75.0 cm³/mol. The van der Waals surface area contributed by atoms with E-state index in [-0.39, 0.29) is 10.1 Å². The molecule has 0 radical (unpaired) electrons. The molecule has 0 saturated heterocycles. The van der Waals surface area contributed by atoms with Gasteiger partial charge in [-0.25, -0.2) is 4.98 Å². The van der Waals surface area contributed by atoms with Crippen LogP contribution in [-0.4, -0.2) is 29.1 Å². The molecular formula is C11H11BrN3O4S-.